The molecule has 0 aliphatic rings. The zero-order valence-electron chi connectivity index (χ0n) is 11.8. The Balaban J connectivity index is 2.16. The Morgan fingerprint density at radius 1 is 1.09 bits per heavy atom. The van der Waals surface area contributed by atoms with Crippen molar-refractivity contribution in [2.45, 2.75) is 13.1 Å². The number of para-hydroxylation sites is 1. The first-order valence-corrected chi connectivity index (χ1v) is 6.62. The van der Waals surface area contributed by atoms with Crippen molar-refractivity contribution in [2.24, 2.45) is 0 Å². The van der Waals surface area contributed by atoms with E-state index in [4.69, 9.17) is 4.74 Å². The van der Waals surface area contributed by atoms with Gasteiger partial charge in [0.2, 0.25) is 0 Å². The Hall–Kier alpha value is -2.50. The number of halogens is 3. The van der Waals surface area contributed by atoms with Gasteiger partial charge in [-0.05, 0) is 43.3 Å². The molecular formula is C16H14F3NO2. The van der Waals surface area contributed by atoms with E-state index in [2.05, 4.69) is 5.32 Å². The van der Waals surface area contributed by atoms with Crippen molar-refractivity contribution in [3.63, 3.8) is 0 Å². The zero-order valence-corrected chi connectivity index (χ0v) is 11.8. The fourth-order valence-corrected chi connectivity index (χ4v) is 1.88. The molecule has 0 fully saturated rings. The van der Waals surface area contributed by atoms with E-state index in [0.29, 0.717) is 17.9 Å². The summed E-state index contributed by atoms with van der Waals surface area (Å²) in [4.78, 5) is 12.2. The van der Waals surface area contributed by atoms with Gasteiger partial charge in [-0.25, -0.2) is 0 Å². The molecule has 3 nitrogen and oxygen atoms in total. The number of hydrogen-bond donors (Lipinski definition) is 1. The molecule has 0 saturated heterocycles. The van der Waals surface area contributed by atoms with Crippen LogP contribution in [0, 0.1) is 0 Å². The third kappa shape index (κ3) is 3.78. The van der Waals surface area contributed by atoms with Crippen molar-refractivity contribution in [1.82, 2.24) is 0 Å². The minimum Gasteiger partial charge on any atom is -0.493 e. The summed E-state index contributed by atoms with van der Waals surface area (Å²) in [5.74, 6) is -0.0155. The van der Waals surface area contributed by atoms with Crippen LogP contribution in [0.5, 0.6) is 5.75 Å². The van der Waals surface area contributed by atoms with E-state index < -0.39 is 17.6 Å². The number of anilines is 1. The molecule has 22 heavy (non-hydrogen) atoms. The summed E-state index contributed by atoms with van der Waals surface area (Å²) in [6, 6.07) is 10.9. The van der Waals surface area contributed by atoms with Gasteiger partial charge in [-0.1, -0.05) is 12.1 Å². The van der Waals surface area contributed by atoms with Gasteiger partial charge in [-0.2, -0.15) is 13.2 Å². The van der Waals surface area contributed by atoms with Crippen LogP contribution in [0.3, 0.4) is 0 Å². The Kier molecular flexibility index (Phi) is 4.70. The lowest BCUT2D eigenvalue weighted by Gasteiger charge is -2.11. The van der Waals surface area contributed by atoms with Crippen LogP contribution in [0.2, 0.25) is 0 Å². The fourth-order valence-electron chi connectivity index (χ4n) is 1.88. The highest BCUT2D eigenvalue weighted by Gasteiger charge is 2.30. The fraction of sp³-hybridized carbons (Fsp3) is 0.188. The lowest BCUT2D eigenvalue weighted by Crippen LogP contribution is -2.14. The van der Waals surface area contributed by atoms with E-state index in [0.717, 1.165) is 12.1 Å². The number of carbonyl (C=O) groups is 1. The Morgan fingerprint density at radius 2 is 1.73 bits per heavy atom. The maximum atomic E-state index is 12.5. The minimum atomic E-state index is -4.40. The molecule has 2 aromatic carbocycles. The van der Waals surface area contributed by atoms with E-state index in [9.17, 15) is 18.0 Å². The van der Waals surface area contributed by atoms with Crippen molar-refractivity contribution in [3.8, 4) is 5.75 Å². The number of benzene rings is 2. The van der Waals surface area contributed by atoms with E-state index in [1.165, 1.54) is 12.1 Å². The number of carbonyl (C=O) groups excluding carboxylic acids is 1. The molecule has 0 aliphatic carbocycles. The molecule has 0 saturated carbocycles. The first kappa shape index (κ1) is 15.9. The smallest absolute Gasteiger partial charge is 0.416 e. The summed E-state index contributed by atoms with van der Waals surface area (Å²) in [7, 11) is 0. The van der Waals surface area contributed by atoms with Crippen LogP contribution in [0.4, 0.5) is 18.9 Å². The van der Waals surface area contributed by atoms with Crippen molar-refractivity contribution in [2.75, 3.05) is 11.9 Å². The first-order chi connectivity index (χ1) is 10.4. The van der Waals surface area contributed by atoms with Crippen LogP contribution >= 0.6 is 0 Å². The molecule has 0 aromatic heterocycles. The van der Waals surface area contributed by atoms with Crippen LogP contribution in [-0.2, 0) is 6.18 Å². The van der Waals surface area contributed by atoms with Gasteiger partial charge in [0, 0.05) is 5.69 Å². The Morgan fingerprint density at radius 3 is 2.32 bits per heavy atom. The van der Waals surface area contributed by atoms with Gasteiger partial charge in [0.1, 0.15) is 5.75 Å². The predicted octanol–water partition coefficient (Wildman–Crippen LogP) is 4.36. The van der Waals surface area contributed by atoms with Crippen LogP contribution in [0.15, 0.2) is 48.5 Å². The van der Waals surface area contributed by atoms with Gasteiger partial charge in [-0.3, -0.25) is 4.79 Å². The molecule has 2 aromatic rings. The second-order valence-electron chi connectivity index (χ2n) is 4.46. The number of alkyl halides is 3. The summed E-state index contributed by atoms with van der Waals surface area (Å²) in [6.45, 7) is 2.20. The molecule has 116 valence electrons. The number of rotatable bonds is 4. The molecule has 1 amide bonds. The molecule has 0 unspecified atom stereocenters. The normalized spacial score (nSPS) is 11.1. The van der Waals surface area contributed by atoms with Crippen molar-refractivity contribution in [1.29, 1.82) is 0 Å². The van der Waals surface area contributed by atoms with Gasteiger partial charge < -0.3 is 10.1 Å². The lowest BCUT2D eigenvalue weighted by atomic mass is 10.1. The zero-order chi connectivity index (χ0) is 16.2. The highest BCUT2D eigenvalue weighted by Crippen LogP contribution is 2.30. The number of nitrogens with one attached hydrogen (secondary N) is 1. The predicted molar refractivity (Wildman–Crippen MR) is 77.0 cm³/mol. The SMILES string of the molecule is CCOc1ccccc1C(=O)Nc1ccc(C(F)(F)F)cc1. The third-order valence-corrected chi connectivity index (χ3v) is 2.90. The van der Waals surface area contributed by atoms with Gasteiger partial charge in [-0.15, -0.1) is 0 Å². The summed E-state index contributed by atoms with van der Waals surface area (Å²) in [5.41, 5.74) is -0.159. The van der Waals surface area contributed by atoms with E-state index in [-0.39, 0.29) is 5.69 Å². The van der Waals surface area contributed by atoms with Crippen LogP contribution in [0.25, 0.3) is 0 Å². The third-order valence-electron chi connectivity index (χ3n) is 2.90. The standard InChI is InChI=1S/C16H14F3NO2/c1-2-22-14-6-4-3-5-13(14)15(21)20-12-9-7-11(8-10-12)16(17,18)19/h3-10H,2H2,1H3,(H,20,21). The highest BCUT2D eigenvalue weighted by molar-refractivity contribution is 6.06. The van der Waals surface area contributed by atoms with Gasteiger partial charge in [0.05, 0.1) is 17.7 Å². The van der Waals surface area contributed by atoms with Crippen molar-refractivity contribution >= 4 is 11.6 Å². The summed E-state index contributed by atoms with van der Waals surface area (Å²) in [5, 5.41) is 2.55. The van der Waals surface area contributed by atoms with Crippen molar-refractivity contribution < 1.29 is 22.7 Å². The molecule has 0 bridgehead atoms. The van der Waals surface area contributed by atoms with E-state index in [1.807, 2.05) is 0 Å². The van der Waals surface area contributed by atoms with Gasteiger partial charge in [0.25, 0.3) is 5.91 Å². The molecule has 0 spiro atoms. The monoisotopic (exact) mass is 309 g/mol. The molecule has 0 radical (unpaired) electrons. The van der Waals surface area contributed by atoms with E-state index >= 15 is 0 Å². The molecule has 6 heteroatoms. The Labute approximate surface area is 125 Å². The molecular weight excluding hydrogens is 295 g/mol. The Bertz CT molecular complexity index is 651. The molecule has 2 rings (SSSR count). The molecule has 1 N–H and O–H groups in total. The molecule has 0 heterocycles. The molecule has 0 atom stereocenters. The quantitative estimate of drug-likeness (QED) is 0.911. The highest BCUT2D eigenvalue weighted by atomic mass is 19.4. The van der Waals surface area contributed by atoms with Gasteiger partial charge in [0.15, 0.2) is 0 Å². The average molecular weight is 309 g/mol. The second kappa shape index (κ2) is 6.51. The number of ether oxygens (including phenoxy) is 1. The number of hydrogen-bond acceptors (Lipinski definition) is 2. The summed E-state index contributed by atoms with van der Waals surface area (Å²) < 4.78 is 42.8. The average Bonchev–Trinajstić information content (AvgIpc) is 2.47. The van der Waals surface area contributed by atoms with Crippen molar-refractivity contribution in [3.05, 3.63) is 59.7 Å². The minimum absolute atomic E-state index is 0.282. The largest absolute Gasteiger partial charge is 0.493 e. The van der Waals surface area contributed by atoms with Crippen LogP contribution < -0.4 is 10.1 Å². The lowest BCUT2D eigenvalue weighted by molar-refractivity contribution is -0.137. The van der Waals surface area contributed by atoms with Crippen LogP contribution in [-0.4, -0.2) is 12.5 Å². The summed E-state index contributed by atoms with van der Waals surface area (Å²) >= 11 is 0. The molecule has 0 aliphatic heterocycles. The second-order valence-corrected chi connectivity index (χ2v) is 4.46. The van der Waals surface area contributed by atoms with Crippen LogP contribution in [0.1, 0.15) is 22.8 Å². The van der Waals surface area contributed by atoms with E-state index in [1.54, 1.807) is 31.2 Å². The number of amides is 1. The maximum absolute atomic E-state index is 12.5. The summed E-state index contributed by atoms with van der Waals surface area (Å²) in [6.07, 6.45) is -4.40. The topological polar surface area (TPSA) is 38.3 Å². The maximum Gasteiger partial charge on any atom is 0.416 e. The first-order valence-electron chi connectivity index (χ1n) is 6.62. The van der Waals surface area contributed by atoms with Gasteiger partial charge >= 0.3 is 6.18 Å².